The molecule has 11 heteroatoms. The van der Waals surface area contributed by atoms with Gasteiger partial charge in [0.15, 0.2) is 0 Å². The van der Waals surface area contributed by atoms with Gasteiger partial charge in [-0.15, -0.1) is 0 Å². The van der Waals surface area contributed by atoms with Crippen LogP contribution in [0, 0.1) is 11.8 Å². The monoisotopic (exact) mass is 424 g/mol. The number of carbonyl (C=O) groups excluding carboxylic acids is 1. The molecule has 2 aromatic heterocycles. The van der Waals surface area contributed by atoms with E-state index in [4.69, 9.17) is 0 Å². The minimum absolute atomic E-state index is 0.167. The van der Waals surface area contributed by atoms with Crippen LogP contribution < -0.4 is 5.32 Å². The van der Waals surface area contributed by atoms with E-state index in [1.165, 1.54) is 6.33 Å². The van der Waals surface area contributed by atoms with E-state index < -0.39 is 29.8 Å². The molecule has 2 fully saturated rings. The van der Waals surface area contributed by atoms with Crippen molar-refractivity contribution in [2.24, 2.45) is 11.8 Å². The second kappa shape index (κ2) is 8.31. The van der Waals surface area contributed by atoms with Gasteiger partial charge in [-0.25, -0.2) is 4.98 Å². The fraction of sp³-hybridized carbons (Fsp3) is 0.579. The molecule has 1 amide bonds. The summed E-state index contributed by atoms with van der Waals surface area (Å²) in [7, 11) is 0. The molecular formula is C19H23F3N6O2. The van der Waals surface area contributed by atoms with Gasteiger partial charge in [-0.3, -0.25) is 14.5 Å². The van der Waals surface area contributed by atoms with E-state index >= 15 is 0 Å². The molecule has 2 aromatic rings. The van der Waals surface area contributed by atoms with Crippen molar-refractivity contribution in [2.75, 3.05) is 19.6 Å². The van der Waals surface area contributed by atoms with Gasteiger partial charge in [-0.05, 0) is 30.7 Å². The predicted molar refractivity (Wildman–Crippen MR) is 99.2 cm³/mol. The second-order valence-electron chi connectivity index (χ2n) is 8.02. The number of halogens is 3. The Morgan fingerprint density at radius 3 is 2.63 bits per heavy atom. The Bertz CT molecular complexity index is 875. The first kappa shape index (κ1) is 20.7. The highest BCUT2D eigenvalue weighted by Crippen LogP contribution is 2.36. The van der Waals surface area contributed by atoms with Crippen molar-refractivity contribution in [3.8, 4) is 0 Å². The smallest absolute Gasteiger partial charge is 0.391 e. The topological polar surface area (TPSA) is 96.2 Å². The third-order valence-corrected chi connectivity index (χ3v) is 5.97. The SMILES string of the molecule is O=C(N[C@H]1C[C@H]2CN(CCn3cncn3)C[C@H]2C[C@@H]1O)c1cncc(C(F)(F)F)c1. The summed E-state index contributed by atoms with van der Waals surface area (Å²) in [5, 5.41) is 17.3. The Balaban J connectivity index is 1.34. The number of hydrogen-bond acceptors (Lipinski definition) is 6. The van der Waals surface area contributed by atoms with Gasteiger partial charge in [0.1, 0.15) is 12.7 Å². The average Bonchev–Trinajstić information content (AvgIpc) is 3.35. The molecule has 1 saturated carbocycles. The van der Waals surface area contributed by atoms with Gasteiger partial charge in [0.05, 0.1) is 29.8 Å². The van der Waals surface area contributed by atoms with E-state index in [2.05, 4.69) is 25.3 Å². The minimum atomic E-state index is -4.57. The number of likely N-dealkylation sites (tertiary alicyclic amines) is 1. The highest BCUT2D eigenvalue weighted by Gasteiger charge is 2.42. The standard InChI is InChI=1S/C19H23F3N6O2/c20-19(21,22)15-3-12(6-23-7-15)18(30)26-16-4-13-8-27(9-14(13)5-17(16)29)1-2-28-11-24-10-25-28/h3,6-7,10-11,13-14,16-17,29H,1-2,4-5,8-9H2,(H,26,30)/t13-,14+,16-,17-/m0/s1. The van der Waals surface area contributed by atoms with Crippen LogP contribution in [0.3, 0.4) is 0 Å². The Kier molecular flexibility index (Phi) is 5.74. The first-order valence-electron chi connectivity index (χ1n) is 9.85. The Hall–Kier alpha value is -2.53. The van der Waals surface area contributed by atoms with Crippen LogP contribution in [-0.4, -0.2) is 67.4 Å². The molecule has 8 nitrogen and oxygen atoms in total. The summed E-state index contributed by atoms with van der Waals surface area (Å²) in [4.78, 5) is 22.2. The molecular weight excluding hydrogens is 401 g/mol. The Morgan fingerprint density at radius 1 is 1.17 bits per heavy atom. The predicted octanol–water partition coefficient (Wildman–Crippen LogP) is 1.19. The average molecular weight is 424 g/mol. The number of amides is 1. The molecule has 0 spiro atoms. The lowest BCUT2D eigenvalue weighted by atomic mass is 9.77. The molecule has 0 unspecified atom stereocenters. The van der Waals surface area contributed by atoms with E-state index in [9.17, 15) is 23.1 Å². The van der Waals surface area contributed by atoms with Crippen molar-refractivity contribution < 1.29 is 23.1 Å². The maximum atomic E-state index is 12.9. The molecule has 0 bridgehead atoms. The summed E-state index contributed by atoms with van der Waals surface area (Å²) in [6.45, 7) is 3.27. The number of aliphatic hydroxyl groups excluding tert-OH is 1. The molecule has 162 valence electrons. The van der Waals surface area contributed by atoms with E-state index in [0.717, 1.165) is 38.4 Å². The number of carbonyl (C=O) groups is 1. The highest BCUT2D eigenvalue weighted by molar-refractivity contribution is 5.94. The molecule has 3 heterocycles. The Labute approximate surface area is 171 Å². The summed E-state index contributed by atoms with van der Waals surface area (Å²) >= 11 is 0. The Morgan fingerprint density at radius 2 is 1.93 bits per heavy atom. The van der Waals surface area contributed by atoms with Crippen molar-refractivity contribution in [1.82, 2.24) is 30.0 Å². The van der Waals surface area contributed by atoms with E-state index in [1.807, 2.05) is 0 Å². The van der Waals surface area contributed by atoms with Crippen molar-refractivity contribution in [2.45, 2.75) is 37.7 Å². The maximum absolute atomic E-state index is 12.9. The first-order valence-corrected chi connectivity index (χ1v) is 9.85. The van der Waals surface area contributed by atoms with Gasteiger partial charge >= 0.3 is 6.18 Å². The maximum Gasteiger partial charge on any atom is 0.417 e. The molecule has 1 saturated heterocycles. The number of nitrogens with zero attached hydrogens (tertiary/aromatic N) is 5. The van der Waals surface area contributed by atoms with Gasteiger partial charge < -0.3 is 15.3 Å². The lowest BCUT2D eigenvalue weighted by Crippen LogP contribution is -2.49. The van der Waals surface area contributed by atoms with Crippen LogP contribution in [0.25, 0.3) is 0 Å². The van der Waals surface area contributed by atoms with Crippen molar-refractivity contribution in [3.63, 3.8) is 0 Å². The molecule has 0 aromatic carbocycles. The largest absolute Gasteiger partial charge is 0.417 e. The van der Waals surface area contributed by atoms with Crippen LogP contribution in [0.5, 0.6) is 0 Å². The molecule has 4 rings (SSSR count). The van der Waals surface area contributed by atoms with Crippen LogP contribution in [0.1, 0.15) is 28.8 Å². The molecule has 4 atom stereocenters. The molecule has 30 heavy (non-hydrogen) atoms. The van der Waals surface area contributed by atoms with Crippen LogP contribution >= 0.6 is 0 Å². The van der Waals surface area contributed by atoms with Gasteiger partial charge in [-0.1, -0.05) is 0 Å². The number of aliphatic hydroxyl groups is 1. The summed E-state index contributed by atoms with van der Waals surface area (Å²) in [5.41, 5.74) is -1.14. The lowest BCUT2D eigenvalue weighted by molar-refractivity contribution is -0.137. The zero-order valence-electron chi connectivity index (χ0n) is 16.2. The van der Waals surface area contributed by atoms with Crippen molar-refractivity contribution >= 4 is 5.91 Å². The second-order valence-corrected chi connectivity index (χ2v) is 8.02. The van der Waals surface area contributed by atoms with Crippen molar-refractivity contribution in [1.29, 1.82) is 0 Å². The number of hydrogen-bond donors (Lipinski definition) is 2. The minimum Gasteiger partial charge on any atom is -0.391 e. The zero-order valence-corrected chi connectivity index (χ0v) is 16.2. The van der Waals surface area contributed by atoms with Crippen LogP contribution in [0.2, 0.25) is 0 Å². The number of aromatic nitrogens is 4. The lowest BCUT2D eigenvalue weighted by Gasteiger charge is -2.35. The molecule has 1 aliphatic heterocycles. The van der Waals surface area contributed by atoms with Crippen molar-refractivity contribution in [3.05, 3.63) is 42.2 Å². The van der Waals surface area contributed by atoms with Gasteiger partial charge in [-0.2, -0.15) is 18.3 Å². The summed E-state index contributed by atoms with van der Waals surface area (Å²) < 4.78 is 40.4. The van der Waals surface area contributed by atoms with Crippen LogP contribution in [-0.2, 0) is 12.7 Å². The fourth-order valence-electron chi connectivity index (χ4n) is 4.43. The highest BCUT2D eigenvalue weighted by atomic mass is 19.4. The van der Waals surface area contributed by atoms with Gasteiger partial charge in [0.2, 0.25) is 0 Å². The number of pyridine rings is 1. The normalized spacial score (nSPS) is 27.1. The van der Waals surface area contributed by atoms with Crippen LogP contribution in [0.15, 0.2) is 31.1 Å². The number of nitrogens with one attached hydrogen (secondary N) is 1. The molecule has 2 N–H and O–H groups in total. The molecule has 1 aliphatic carbocycles. The summed E-state index contributed by atoms with van der Waals surface area (Å²) in [6, 6.07) is 0.283. The molecule has 2 aliphatic rings. The van der Waals surface area contributed by atoms with E-state index in [-0.39, 0.29) is 5.56 Å². The first-order chi connectivity index (χ1) is 14.3. The third kappa shape index (κ3) is 4.62. The summed E-state index contributed by atoms with van der Waals surface area (Å²) in [5.74, 6) is -0.00895. The van der Waals surface area contributed by atoms with E-state index in [0.29, 0.717) is 30.9 Å². The van der Waals surface area contributed by atoms with Gasteiger partial charge in [0.25, 0.3) is 5.91 Å². The quantitative estimate of drug-likeness (QED) is 0.749. The van der Waals surface area contributed by atoms with E-state index in [1.54, 1.807) is 11.0 Å². The fourth-order valence-corrected chi connectivity index (χ4v) is 4.43. The number of rotatable bonds is 5. The summed E-state index contributed by atoms with van der Waals surface area (Å²) in [6.07, 6.45) is 0.784. The number of fused-ring (bicyclic) bond motifs is 1. The third-order valence-electron chi connectivity index (χ3n) is 5.97. The molecule has 0 radical (unpaired) electrons. The van der Waals surface area contributed by atoms with Gasteiger partial charge in [0, 0.05) is 32.0 Å². The number of alkyl halides is 3. The van der Waals surface area contributed by atoms with Crippen LogP contribution in [0.4, 0.5) is 13.2 Å². The zero-order chi connectivity index (χ0) is 21.3.